The molecule has 0 saturated heterocycles. The lowest BCUT2D eigenvalue weighted by Crippen LogP contribution is -2.64. The summed E-state index contributed by atoms with van der Waals surface area (Å²) >= 11 is 0. The van der Waals surface area contributed by atoms with Crippen LogP contribution in [0.1, 0.15) is 112 Å². The Labute approximate surface area is 317 Å². The van der Waals surface area contributed by atoms with Crippen molar-refractivity contribution in [1.82, 2.24) is 10.6 Å². The normalized spacial score (nSPS) is 16.2. The third-order valence-electron chi connectivity index (χ3n) is 11.4. The molecule has 1 saturated carbocycles. The minimum absolute atomic E-state index is 0.360. The molecular weight excluding hydrogens is 657 g/mol. The molecule has 0 heterocycles. The largest absolute Gasteiger partial charge is 0.378 e. The van der Waals surface area contributed by atoms with Crippen molar-refractivity contribution >= 4 is 11.8 Å². The van der Waals surface area contributed by atoms with Gasteiger partial charge in [0.2, 0.25) is 11.8 Å². The van der Waals surface area contributed by atoms with Crippen molar-refractivity contribution in [3.8, 4) is 0 Å². The number of carbonyl (C=O) groups excluding carboxylic acids is 2. The number of rotatable bonds is 10. The summed E-state index contributed by atoms with van der Waals surface area (Å²) in [4.78, 5) is 30.1. The number of aliphatic hydroxyl groups is 2. The van der Waals surface area contributed by atoms with Gasteiger partial charge in [0.1, 0.15) is 16.6 Å². The summed E-state index contributed by atoms with van der Waals surface area (Å²) in [6, 6.07) is 29.5. The van der Waals surface area contributed by atoms with Gasteiger partial charge in [-0.25, -0.2) is 0 Å². The van der Waals surface area contributed by atoms with Crippen molar-refractivity contribution in [2.24, 2.45) is 16.2 Å². The van der Waals surface area contributed by atoms with Gasteiger partial charge in [-0.2, -0.15) is 0 Å². The van der Waals surface area contributed by atoms with Gasteiger partial charge in [-0.1, -0.05) is 174 Å². The zero-order valence-electron chi connectivity index (χ0n) is 33.4. The molecule has 6 heteroatoms. The van der Waals surface area contributed by atoms with Crippen LogP contribution in [0.25, 0.3) is 0 Å². The SMILES string of the molecule is Cc1ccc(C(O)(c2ccc(C)cc2)[C@H](NC(=O)C2(C(=O)N[C@H](C(C)(C)C)C(O)(c3ccc(C)cc3)c3ccc(C)cc3)CCCC2)C(C)(C)C)cc1. The molecule has 0 unspecified atom stereocenters. The van der Waals surface area contributed by atoms with Gasteiger partial charge < -0.3 is 20.8 Å². The maximum atomic E-state index is 15.0. The molecule has 4 N–H and O–H groups in total. The summed E-state index contributed by atoms with van der Waals surface area (Å²) in [6.45, 7) is 20.0. The Morgan fingerprint density at radius 1 is 0.491 bits per heavy atom. The number of hydrogen-bond acceptors (Lipinski definition) is 4. The monoisotopic (exact) mass is 716 g/mol. The summed E-state index contributed by atoms with van der Waals surface area (Å²) in [7, 11) is 0. The van der Waals surface area contributed by atoms with Gasteiger partial charge in [-0.05, 0) is 73.6 Å². The Hall–Kier alpha value is -4.26. The summed E-state index contributed by atoms with van der Waals surface area (Å²) in [5, 5.41) is 32.7. The van der Waals surface area contributed by atoms with Crippen LogP contribution in [-0.2, 0) is 20.8 Å². The first-order valence-corrected chi connectivity index (χ1v) is 19.1. The molecule has 282 valence electrons. The van der Waals surface area contributed by atoms with E-state index in [9.17, 15) is 10.2 Å². The van der Waals surface area contributed by atoms with E-state index < -0.39 is 51.3 Å². The molecule has 1 aliphatic rings. The average molecular weight is 717 g/mol. The molecule has 4 aromatic rings. The van der Waals surface area contributed by atoms with Crippen molar-refractivity contribution in [2.75, 3.05) is 0 Å². The third kappa shape index (κ3) is 7.86. The van der Waals surface area contributed by atoms with Gasteiger partial charge in [0.25, 0.3) is 0 Å². The van der Waals surface area contributed by atoms with E-state index in [2.05, 4.69) is 10.6 Å². The molecule has 0 bridgehead atoms. The van der Waals surface area contributed by atoms with Crippen LogP contribution in [0.2, 0.25) is 0 Å². The van der Waals surface area contributed by atoms with E-state index in [1.807, 2.05) is 166 Å². The van der Waals surface area contributed by atoms with E-state index in [4.69, 9.17) is 0 Å². The van der Waals surface area contributed by atoms with Crippen LogP contribution in [-0.4, -0.2) is 34.1 Å². The fourth-order valence-electron chi connectivity index (χ4n) is 8.20. The average Bonchev–Trinajstić information content (AvgIpc) is 3.61. The van der Waals surface area contributed by atoms with Crippen LogP contribution in [0.3, 0.4) is 0 Å². The quantitative estimate of drug-likeness (QED) is 0.124. The first kappa shape index (κ1) is 39.9. The molecule has 53 heavy (non-hydrogen) atoms. The predicted molar refractivity (Wildman–Crippen MR) is 214 cm³/mol. The summed E-state index contributed by atoms with van der Waals surface area (Å²) < 4.78 is 0. The number of nitrogens with one attached hydrogen (secondary N) is 2. The first-order chi connectivity index (χ1) is 24.7. The maximum absolute atomic E-state index is 15.0. The van der Waals surface area contributed by atoms with Gasteiger partial charge in [0, 0.05) is 0 Å². The van der Waals surface area contributed by atoms with E-state index in [1.54, 1.807) is 0 Å². The number of carbonyl (C=O) groups is 2. The molecule has 0 aliphatic heterocycles. The summed E-state index contributed by atoms with van der Waals surface area (Å²) in [5.74, 6) is -0.820. The molecule has 0 spiro atoms. The topological polar surface area (TPSA) is 98.7 Å². The number of amides is 2. The Morgan fingerprint density at radius 3 is 0.925 bits per heavy atom. The fraction of sp³-hybridized carbons (Fsp3) is 0.447. The molecule has 1 aliphatic carbocycles. The molecule has 1 fully saturated rings. The molecule has 0 aromatic heterocycles. The highest BCUT2D eigenvalue weighted by Gasteiger charge is 2.55. The highest BCUT2D eigenvalue weighted by Crippen LogP contribution is 2.46. The van der Waals surface area contributed by atoms with Gasteiger partial charge >= 0.3 is 0 Å². The zero-order valence-corrected chi connectivity index (χ0v) is 33.4. The lowest BCUT2D eigenvalue weighted by atomic mass is 9.68. The Bertz CT molecular complexity index is 1650. The first-order valence-electron chi connectivity index (χ1n) is 19.1. The maximum Gasteiger partial charge on any atom is 0.236 e. The van der Waals surface area contributed by atoms with E-state index in [0.717, 1.165) is 22.3 Å². The second kappa shape index (κ2) is 14.9. The molecule has 6 nitrogen and oxygen atoms in total. The highest BCUT2D eigenvalue weighted by atomic mass is 16.3. The predicted octanol–water partition coefficient (Wildman–Crippen LogP) is 8.71. The fourth-order valence-corrected chi connectivity index (χ4v) is 8.20. The second-order valence-corrected chi connectivity index (χ2v) is 17.8. The van der Waals surface area contributed by atoms with Crippen molar-refractivity contribution in [3.63, 3.8) is 0 Å². The van der Waals surface area contributed by atoms with Crippen LogP contribution >= 0.6 is 0 Å². The number of hydrogen-bond donors (Lipinski definition) is 4. The molecule has 5 rings (SSSR count). The van der Waals surface area contributed by atoms with Crippen molar-refractivity contribution < 1.29 is 19.8 Å². The molecule has 2 atom stereocenters. The van der Waals surface area contributed by atoms with Crippen molar-refractivity contribution in [1.29, 1.82) is 0 Å². The van der Waals surface area contributed by atoms with E-state index in [1.165, 1.54) is 0 Å². The second-order valence-electron chi connectivity index (χ2n) is 17.8. The Balaban J connectivity index is 1.60. The van der Waals surface area contributed by atoms with Crippen LogP contribution in [0, 0.1) is 43.9 Å². The number of aryl methyl sites for hydroxylation is 4. The third-order valence-corrected chi connectivity index (χ3v) is 11.4. The lowest BCUT2D eigenvalue weighted by Gasteiger charge is -2.47. The molecule has 4 aromatic carbocycles. The summed E-state index contributed by atoms with van der Waals surface area (Å²) in [6.07, 6.45) is 2.14. The highest BCUT2D eigenvalue weighted by molar-refractivity contribution is 6.05. The van der Waals surface area contributed by atoms with E-state index in [0.29, 0.717) is 47.9 Å². The Morgan fingerprint density at radius 2 is 0.717 bits per heavy atom. The van der Waals surface area contributed by atoms with Gasteiger partial charge in [-0.15, -0.1) is 0 Å². The van der Waals surface area contributed by atoms with Crippen molar-refractivity contribution in [3.05, 3.63) is 142 Å². The van der Waals surface area contributed by atoms with Gasteiger partial charge in [0.05, 0.1) is 12.1 Å². The minimum atomic E-state index is -1.61. The van der Waals surface area contributed by atoms with Crippen molar-refractivity contribution in [2.45, 2.75) is 118 Å². The van der Waals surface area contributed by atoms with Crippen LogP contribution < -0.4 is 10.6 Å². The zero-order chi connectivity index (χ0) is 39.0. The summed E-state index contributed by atoms with van der Waals surface area (Å²) in [5.41, 5.74) is 0.955. The molecular formula is C47H60N2O4. The van der Waals surface area contributed by atoms with E-state index >= 15 is 9.59 Å². The minimum Gasteiger partial charge on any atom is -0.378 e. The van der Waals surface area contributed by atoms with E-state index in [-0.39, 0.29) is 0 Å². The van der Waals surface area contributed by atoms with Crippen LogP contribution in [0.15, 0.2) is 97.1 Å². The number of benzene rings is 4. The molecule has 2 amide bonds. The van der Waals surface area contributed by atoms with Gasteiger partial charge in [-0.3, -0.25) is 9.59 Å². The smallest absolute Gasteiger partial charge is 0.236 e. The lowest BCUT2D eigenvalue weighted by molar-refractivity contribution is -0.148. The Kier molecular flexibility index (Phi) is 11.2. The van der Waals surface area contributed by atoms with Gasteiger partial charge in [0.15, 0.2) is 0 Å². The van der Waals surface area contributed by atoms with Crippen LogP contribution in [0.4, 0.5) is 0 Å². The standard InChI is InChI=1S/C47H60N2O4/c1-31-13-21-35(22-14-31)46(52,36-23-15-32(2)16-24-36)39(43(5,6)7)48-41(50)45(29-11-12-30-45)42(51)49-40(44(8,9)10)47(53,37-25-17-33(3)18-26-37)38-27-19-34(4)20-28-38/h13-28,39-40,52-53H,11-12,29-30H2,1-10H3,(H,48,50)(H,49,51)/t39-,40-/m1/s1. The molecule has 0 radical (unpaired) electrons. The van der Waals surface area contributed by atoms with Crippen LogP contribution in [0.5, 0.6) is 0 Å².